The number of carbonyl (C=O) groups is 1. The number of ether oxygens (including phenoxy) is 1. The molecule has 0 bridgehead atoms. The SMILES string of the molecule is Cc1c(OC(F)(F)F)cc([N+](=O)[O-])nc1CC(=O)O. The van der Waals surface area contributed by atoms with Gasteiger partial charge >= 0.3 is 18.1 Å². The van der Waals surface area contributed by atoms with Gasteiger partial charge in [-0.15, -0.1) is 13.2 Å². The zero-order chi connectivity index (χ0) is 14.8. The number of carboxylic acids is 1. The summed E-state index contributed by atoms with van der Waals surface area (Å²) in [6, 6.07) is 0.494. The van der Waals surface area contributed by atoms with Crippen LogP contribution < -0.4 is 4.74 Å². The van der Waals surface area contributed by atoms with Crippen molar-refractivity contribution in [3.63, 3.8) is 0 Å². The van der Waals surface area contributed by atoms with Crippen LogP contribution in [0.2, 0.25) is 0 Å². The summed E-state index contributed by atoms with van der Waals surface area (Å²) in [4.78, 5) is 23.4. The molecule has 1 N–H and O–H groups in total. The predicted molar refractivity (Wildman–Crippen MR) is 53.7 cm³/mol. The van der Waals surface area contributed by atoms with Crippen LogP contribution in [0.4, 0.5) is 19.0 Å². The molecular weight excluding hydrogens is 273 g/mol. The van der Waals surface area contributed by atoms with Gasteiger partial charge in [0.05, 0.1) is 6.07 Å². The molecule has 0 spiro atoms. The van der Waals surface area contributed by atoms with Crippen molar-refractivity contribution >= 4 is 11.8 Å². The lowest BCUT2D eigenvalue weighted by atomic mass is 10.1. The average molecular weight is 280 g/mol. The summed E-state index contributed by atoms with van der Waals surface area (Å²) in [5.74, 6) is -3.14. The molecule has 19 heavy (non-hydrogen) atoms. The van der Waals surface area contributed by atoms with E-state index in [2.05, 4.69) is 9.72 Å². The molecule has 1 rings (SSSR count). The Hall–Kier alpha value is -2.39. The number of aliphatic carboxylic acids is 1. The number of carboxylic acid groups (broad SMARTS) is 1. The Labute approximate surface area is 103 Å². The second kappa shape index (κ2) is 5.08. The highest BCUT2D eigenvalue weighted by Crippen LogP contribution is 2.30. The highest BCUT2D eigenvalue weighted by Gasteiger charge is 2.34. The molecule has 0 aliphatic rings. The van der Waals surface area contributed by atoms with E-state index in [0.717, 1.165) is 6.92 Å². The van der Waals surface area contributed by atoms with Crippen LogP contribution in [0.15, 0.2) is 6.07 Å². The fraction of sp³-hybridized carbons (Fsp3) is 0.333. The molecule has 0 aliphatic heterocycles. The van der Waals surface area contributed by atoms with Gasteiger partial charge in [0.15, 0.2) is 5.69 Å². The number of halogens is 3. The molecule has 0 fully saturated rings. The first-order valence-electron chi connectivity index (χ1n) is 4.72. The number of nitro groups is 1. The van der Waals surface area contributed by atoms with Crippen molar-refractivity contribution in [2.75, 3.05) is 0 Å². The maximum atomic E-state index is 12.1. The van der Waals surface area contributed by atoms with Crippen molar-refractivity contribution in [3.05, 3.63) is 27.4 Å². The Bertz CT molecular complexity index is 529. The number of hydrogen-bond donors (Lipinski definition) is 1. The third-order valence-electron chi connectivity index (χ3n) is 2.04. The third-order valence-corrected chi connectivity index (χ3v) is 2.04. The van der Waals surface area contributed by atoms with Gasteiger partial charge in [-0.1, -0.05) is 0 Å². The summed E-state index contributed by atoms with van der Waals surface area (Å²) < 4.78 is 40.0. The van der Waals surface area contributed by atoms with Gasteiger partial charge in [-0.2, -0.15) is 0 Å². The first kappa shape index (κ1) is 14.7. The number of alkyl halides is 3. The molecule has 0 saturated heterocycles. The highest BCUT2D eigenvalue weighted by atomic mass is 19.4. The maximum absolute atomic E-state index is 12.1. The molecule has 0 amide bonds. The van der Waals surface area contributed by atoms with E-state index in [1.807, 2.05) is 0 Å². The van der Waals surface area contributed by atoms with E-state index in [1.165, 1.54) is 0 Å². The smallest absolute Gasteiger partial charge is 0.481 e. The second-order valence-corrected chi connectivity index (χ2v) is 3.43. The standard InChI is InChI=1S/C9H7F3N2O5/c1-4-5(2-8(15)16)13-7(14(17)18)3-6(4)19-9(10,11)12/h3H,2H2,1H3,(H,15,16). The number of nitrogens with zero attached hydrogens (tertiary/aromatic N) is 2. The lowest BCUT2D eigenvalue weighted by Gasteiger charge is -2.11. The molecule has 7 nitrogen and oxygen atoms in total. The first-order valence-corrected chi connectivity index (χ1v) is 4.72. The van der Waals surface area contributed by atoms with Gasteiger partial charge in [-0.05, 0) is 16.8 Å². The van der Waals surface area contributed by atoms with E-state index in [0.29, 0.717) is 6.07 Å². The summed E-state index contributed by atoms with van der Waals surface area (Å²) in [6.45, 7) is 1.13. The van der Waals surface area contributed by atoms with Crippen molar-refractivity contribution in [1.82, 2.24) is 4.98 Å². The van der Waals surface area contributed by atoms with Crippen LogP contribution in [-0.4, -0.2) is 27.3 Å². The minimum absolute atomic E-state index is 0.217. The summed E-state index contributed by atoms with van der Waals surface area (Å²) in [7, 11) is 0. The Balaban J connectivity index is 3.32. The van der Waals surface area contributed by atoms with Crippen LogP contribution in [0.3, 0.4) is 0 Å². The van der Waals surface area contributed by atoms with Gasteiger partial charge in [0.2, 0.25) is 0 Å². The Morgan fingerprint density at radius 1 is 1.58 bits per heavy atom. The molecule has 0 aromatic carbocycles. The quantitative estimate of drug-likeness (QED) is 0.666. The van der Waals surface area contributed by atoms with Crippen LogP contribution in [0.25, 0.3) is 0 Å². The number of pyridine rings is 1. The van der Waals surface area contributed by atoms with Gasteiger partial charge in [-0.25, -0.2) is 0 Å². The number of hydrogen-bond acceptors (Lipinski definition) is 5. The third kappa shape index (κ3) is 4.08. The summed E-state index contributed by atoms with van der Waals surface area (Å²) >= 11 is 0. The molecule has 104 valence electrons. The normalized spacial score (nSPS) is 11.2. The molecule has 0 saturated carbocycles. The zero-order valence-corrected chi connectivity index (χ0v) is 9.39. The van der Waals surface area contributed by atoms with Crippen molar-refractivity contribution < 1.29 is 32.7 Å². The van der Waals surface area contributed by atoms with Gasteiger partial charge < -0.3 is 20.0 Å². The molecule has 0 aliphatic carbocycles. The average Bonchev–Trinajstić information content (AvgIpc) is 2.20. The monoisotopic (exact) mass is 280 g/mol. The van der Waals surface area contributed by atoms with Crippen LogP contribution in [0.5, 0.6) is 5.75 Å². The van der Waals surface area contributed by atoms with Crippen LogP contribution in [0.1, 0.15) is 11.3 Å². The van der Waals surface area contributed by atoms with Crippen molar-refractivity contribution in [3.8, 4) is 5.75 Å². The molecule has 0 radical (unpaired) electrons. The van der Waals surface area contributed by atoms with E-state index < -0.39 is 35.2 Å². The highest BCUT2D eigenvalue weighted by molar-refractivity contribution is 5.70. The molecule has 10 heteroatoms. The topological polar surface area (TPSA) is 103 Å². The van der Waals surface area contributed by atoms with Crippen LogP contribution in [0, 0.1) is 17.0 Å². The summed E-state index contributed by atoms with van der Waals surface area (Å²) in [6.07, 6.45) is -5.79. The second-order valence-electron chi connectivity index (χ2n) is 3.43. The van der Waals surface area contributed by atoms with Gasteiger partial charge in [-0.3, -0.25) is 4.79 Å². The van der Waals surface area contributed by atoms with E-state index >= 15 is 0 Å². The molecule has 0 atom stereocenters. The number of rotatable bonds is 4. The fourth-order valence-corrected chi connectivity index (χ4v) is 1.26. The summed E-state index contributed by atoms with van der Waals surface area (Å²) in [5, 5.41) is 19.1. The largest absolute Gasteiger partial charge is 0.573 e. The minimum Gasteiger partial charge on any atom is -0.481 e. The first-order chi connectivity index (χ1) is 8.60. The van der Waals surface area contributed by atoms with Gasteiger partial charge in [0, 0.05) is 5.56 Å². The van der Waals surface area contributed by atoms with Gasteiger partial charge in [0.1, 0.15) is 12.2 Å². The van der Waals surface area contributed by atoms with E-state index in [9.17, 15) is 28.1 Å². The lowest BCUT2D eigenvalue weighted by Crippen LogP contribution is -2.19. The minimum atomic E-state index is -5.04. The Morgan fingerprint density at radius 3 is 2.58 bits per heavy atom. The maximum Gasteiger partial charge on any atom is 0.573 e. The lowest BCUT2D eigenvalue weighted by molar-refractivity contribution is -0.389. The number of aromatic nitrogens is 1. The zero-order valence-electron chi connectivity index (χ0n) is 9.39. The molecule has 1 aromatic heterocycles. The fourth-order valence-electron chi connectivity index (χ4n) is 1.26. The predicted octanol–water partition coefficient (Wildman–Crippen LogP) is 1.82. The van der Waals surface area contributed by atoms with E-state index in [4.69, 9.17) is 5.11 Å². The van der Waals surface area contributed by atoms with Crippen LogP contribution >= 0.6 is 0 Å². The molecule has 0 unspecified atom stereocenters. The van der Waals surface area contributed by atoms with E-state index in [-0.39, 0.29) is 11.3 Å². The van der Waals surface area contributed by atoms with Crippen molar-refractivity contribution in [2.24, 2.45) is 0 Å². The molecular formula is C9H7F3N2O5. The Morgan fingerprint density at radius 2 is 2.16 bits per heavy atom. The van der Waals surface area contributed by atoms with Gasteiger partial charge in [0.25, 0.3) is 0 Å². The Kier molecular flexibility index (Phi) is 3.92. The van der Waals surface area contributed by atoms with Crippen molar-refractivity contribution in [1.29, 1.82) is 0 Å². The van der Waals surface area contributed by atoms with Crippen LogP contribution in [-0.2, 0) is 11.2 Å². The summed E-state index contributed by atoms with van der Waals surface area (Å²) in [5.41, 5.74) is -0.578. The van der Waals surface area contributed by atoms with Crippen molar-refractivity contribution in [2.45, 2.75) is 19.7 Å². The van der Waals surface area contributed by atoms with E-state index in [1.54, 1.807) is 0 Å². The molecule has 1 heterocycles. The molecule has 1 aromatic rings.